The molecule has 1 N–H and O–H groups in total. The van der Waals surface area contributed by atoms with Gasteiger partial charge < -0.3 is 19.7 Å². The number of rotatable bonds is 9. The molecule has 14 heteroatoms. The normalized spacial score (nSPS) is 15.0. The first-order chi connectivity index (χ1) is 20.2. The number of piperidine rings is 1. The summed E-state index contributed by atoms with van der Waals surface area (Å²) in [4.78, 5) is 23.1. The Balaban J connectivity index is 1.27. The van der Waals surface area contributed by atoms with Gasteiger partial charge in [-0.3, -0.25) is 4.79 Å². The number of nitrogens with zero attached hydrogens (tertiary/aromatic N) is 8. The van der Waals surface area contributed by atoms with Gasteiger partial charge in [0.2, 0.25) is 5.95 Å². The van der Waals surface area contributed by atoms with Crippen LogP contribution in [0.2, 0.25) is 0 Å². The SMILES string of the molecule is COc1cc(C(=O)N2CCC(F)(F)CC2)ccc1Nc1ncc(-c2ccc(C#N)c(OC(C)Cn3cnnn3)c2)cn1. The van der Waals surface area contributed by atoms with Crippen LogP contribution in [0.1, 0.15) is 35.7 Å². The number of halogens is 2. The zero-order valence-corrected chi connectivity index (χ0v) is 22.9. The molecule has 2 aromatic carbocycles. The Morgan fingerprint density at radius 2 is 1.88 bits per heavy atom. The number of nitriles is 1. The molecule has 0 radical (unpaired) electrons. The van der Waals surface area contributed by atoms with Gasteiger partial charge in [-0.25, -0.2) is 23.4 Å². The monoisotopic (exact) mass is 575 g/mol. The van der Waals surface area contributed by atoms with E-state index in [2.05, 4.69) is 36.9 Å². The molecule has 3 heterocycles. The van der Waals surface area contributed by atoms with Crippen molar-refractivity contribution >= 4 is 17.5 Å². The number of nitrogens with one attached hydrogen (secondary N) is 1. The Morgan fingerprint density at radius 3 is 2.55 bits per heavy atom. The highest BCUT2D eigenvalue weighted by Gasteiger charge is 2.35. The summed E-state index contributed by atoms with van der Waals surface area (Å²) in [5.41, 5.74) is 2.69. The Morgan fingerprint density at radius 1 is 1.12 bits per heavy atom. The molecule has 1 atom stereocenters. The van der Waals surface area contributed by atoms with E-state index in [1.165, 1.54) is 18.3 Å². The third kappa shape index (κ3) is 6.57. The number of hydrogen-bond acceptors (Lipinski definition) is 10. The summed E-state index contributed by atoms with van der Waals surface area (Å²) < 4.78 is 40.0. The van der Waals surface area contributed by atoms with Crippen LogP contribution in [-0.2, 0) is 6.54 Å². The first-order valence-corrected chi connectivity index (χ1v) is 13.1. The Labute approximate surface area is 239 Å². The van der Waals surface area contributed by atoms with Crippen molar-refractivity contribution in [3.05, 3.63) is 66.2 Å². The minimum atomic E-state index is -2.73. The minimum Gasteiger partial charge on any atom is -0.495 e. The molecular formula is C28H27F2N9O3. The fraction of sp³-hybridized carbons (Fsp3) is 0.321. The number of aromatic nitrogens is 6. The zero-order chi connectivity index (χ0) is 29.7. The summed E-state index contributed by atoms with van der Waals surface area (Å²) >= 11 is 0. The van der Waals surface area contributed by atoms with Gasteiger partial charge in [0, 0.05) is 49.5 Å². The standard InChI is InChI=1S/C28H27F2N9O3/c1-18(16-39-17-34-36-37-39)42-24-11-19(3-4-21(24)13-31)22-14-32-27(33-15-22)35-23-6-5-20(12-25(23)41-2)26(40)38-9-7-28(29,30)8-10-38/h3-6,11-12,14-15,17-18H,7-10,16H2,1-2H3,(H,32,33,35). The van der Waals surface area contributed by atoms with Crippen molar-refractivity contribution in [2.45, 2.75) is 38.3 Å². The summed E-state index contributed by atoms with van der Waals surface area (Å²) in [7, 11) is 1.47. The van der Waals surface area contributed by atoms with Crippen LogP contribution in [0.3, 0.4) is 0 Å². The molecule has 1 unspecified atom stereocenters. The second kappa shape index (κ2) is 12.1. The van der Waals surface area contributed by atoms with E-state index < -0.39 is 5.92 Å². The number of likely N-dealkylation sites (tertiary alicyclic amines) is 1. The minimum absolute atomic E-state index is 0.000921. The maximum Gasteiger partial charge on any atom is 0.253 e. The number of alkyl halides is 2. The molecule has 4 aromatic rings. The molecule has 1 aliphatic rings. The predicted molar refractivity (Wildman–Crippen MR) is 146 cm³/mol. The largest absolute Gasteiger partial charge is 0.495 e. The van der Waals surface area contributed by atoms with Gasteiger partial charge in [-0.15, -0.1) is 5.10 Å². The molecule has 0 aliphatic carbocycles. The highest BCUT2D eigenvalue weighted by Crippen LogP contribution is 2.32. The van der Waals surface area contributed by atoms with Crippen LogP contribution >= 0.6 is 0 Å². The molecule has 1 saturated heterocycles. The molecule has 1 fully saturated rings. The third-order valence-corrected chi connectivity index (χ3v) is 6.73. The van der Waals surface area contributed by atoms with Crippen molar-refractivity contribution in [2.75, 3.05) is 25.5 Å². The zero-order valence-electron chi connectivity index (χ0n) is 22.9. The van der Waals surface area contributed by atoms with Gasteiger partial charge in [-0.1, -0.05) is 6.07 Å². The number of tetrazole rings is 1. The van der Waals surface area contributed by atoms with Crippen molar-refractivity contribution in [3.63, 3.8) is 0 Å². The molecular weight excluding hydrogens is 548 g/mol. The van der Waals surface area contributed by atoms with Gasteiger partial charge in [0.1, 0.15) is 30.0 Å². The maximum atomic E-state index is 13.5. The Kier molecular flexibility index (Phi) is 8.19. The molecule has 1 amide bonds. The summed E-state index contributed by atoms with van der Waals surface area (Å²) in [6.07, 6.45) is 3.74. The van der Waals surface area contributed by atoms with Gasteiger partial charge >= 0.3 is 0 Å². The van der Waals surface area contributed by atoms with Gasteiger partial charge in [-0.05, 0) is 53.2 Å². The molecule has 12 nitrogen and oxygen atoms in total. The number of carbonyl (C=O) groups is 1. The lowest BCUT2D eigenvalue weighted by Crippen LogP contribution is -2.42. The number of methoxy groups -OCH3 is 1. The van der Waals surface area contributed by atoms with Crippen molar-refractivity contribution < 1.29 is 23.0 Å². The van der Waals surface area contributed by atoms with Gasteiger partial charge in [0.25, 0.3) is 11.8 Å². The first-order valence-electron chi connectivity index (χ1n) is 13.1. The average molecular weight is 576 g/mol. The summed E-state index contributed by atoms with van der Waals surface area (Å²) in [6, 6.07) is 12.2. The maximum absolute atomic E-state index is 13.5. The van der Waals surface area contributed by atoms with E-state index in [1.807, 2.05) is 6.92 Å². The van der Waals surface area contributed by atoms with Crippen LogP contribution in [0, 0.1) is 11.3 Å². The van der Waals surface area contributed by atoms with Crippen molar-refractivity contribution in [2.24, 2.45) is 0 Å². The second-order valence-electron chi connectivity index (χ2n) is 9.77. The summed E-state index contributed by atoms with van der Waals surface area (Å²) in [5, 5.41) is 23.7. The number of benzene rings is 2. The molecule has 42 heavy (non-hydrogen) atoms. The molecule has 1 aliphatic heterocycles. The fourth-order valence-corrected chi connectivity index (χ4v) is 4.48. The Bertz CT molecular complexity index is 1580. The first kappa shape index (κ1) is 28.3. The lowest BCUT2D eigenvalue weighted by Gasteiger charge is -2.31. The average Bonchev–Trinajstić information content (AvgIpc) is 3.50. The molecule has 0 saturated carbocycles. The smallest absolute Gasteiger partial charge is 0.253 e. The van der Waals surface area contributed by atoms with E-state index in [0.29, 0.717) is 40.4 Å². The number of anilines is 2. The molecule has 216 valence electrons. The highest BCUT2D eigenvalue weighted by molar-refractivity contribution is 5.95. The van der Waals surface area contributed by atoms with Crippen LogP contribution < -0.4 is 14.8 Å². The lowest BCUT2D eigenvalue weighted by molar-refractivity contribution is -0.0494. The van der Waals surface area contributed by atoms with Gasteiger partial charge in [0.15, 0.2) is 0 Å². The third-order valence-electron chi connectivity index (χ3n) is 6.73. The molecule has 0 spiro atoms. The number of amides is 1. The molecule has 0 bridgehead atoms. The van der Waals surface area contributed by atoms with Crippen LogP contribution in [0.4, 0.5) is 20.4 Å². The second-order valence-corrected chi connectivity index (χ2v) is 9.77. The van der Waals surface area contributed by atoms with Crippen molar-refractivity contribution in [1.82, 2.24) is 35.1 Å². The van der Waals surface area contributed by atoms with Crippen molar-refractivity contribution in [3.8, 4) is 28.7 Å². The number of carbonyl (C=O) groups excluding carboxylic acids is 1. The highest BCUT2D eigenvalue weighted by atomic mass is 19.3. The van der Waals surface area contributed by atoms with Gasteiger partial charge in [0.05, 0.1) is 24.9 Å². The van der Waals surface area contributed by atoms with E-state index in [1.54, 1.807) is 53.5 Å². The van der Waals surface area contributed by atoms with Crippen molar-refractivity contribution in [1.29, 1.82) is 5.26 Å². The number of ether oxygens (including phenoxy) is 2. The number of hydrogen-bond donors (Lipinski definition) is 1. The fourth-order valence-electron chi connectivity index (χ4n) is 4.48. The molecule has 2 aromatic heterocycles. The Hall–Kier alpha value is -5.19. The van der Waals surface area contributed by atoms with E-state index in [4.69, 9.17) is 9.47 Å². The van der Waals surface area contributed by atoms with Crippen LogP contribution in [-0.4, -0.2) is 73.2 Å². The van der Waals surface area contributed by atoms with E-state index in [-0.39, 0.29) is 43.9 Å². The topological polar surface area (TPSA) is 144 Å². The molecule has 5 rings (SSSR count). The quantitative estimate of drug-likeness (QED) is 0.310. The van der Waals surface area contributed by atoms with E-state index in [9.17, 15) is 18.8 Å². The van der Waals surface area contributed by atoms with Gasteiger partial charge in [-0.2, -0.15) is 5.26 Å². The predicted octanol–water partition coefficient (Wildman–Crippen LogP) is 4.09. The lowest BCUT2D eigenvalue weighted by atomic mass is 10.1. The van der Waals surface area contributed by atoms with Crippen LogP contribution in [0.25, 0.3) is 11.1 Å². The summed E-state index contributed by atoms with van der Waals surface area (Å²) in [5.74, 6) is -1.99. The van der Waals surface area contributed by atoms with Crippen LogP contribution in [0.15, 0.2) is 55.1 Å². The van der Waals surface area contributed by atoms with E-state index >= 15 is 0 Å². The summed E-state index contributed by atoms with van der Waals surface area (Å²) in [6.45, 7) is 2.26. The van der Waals surface area contributed by atoms with E-state index in [0.717, 1.165) is 5.56 Å². The van der Waals surface area contributed by atoms with Crippen LogP contribution in [0.5, 0.6) is 11.5 Å².